The second-order valence-corrected chi connectivity index (χ2v) is 22.7. The van der Waals surface area contributed by atoms with Crippen LogP contribution in [0.2, 0.25) is 10.0 Å². The molecule has 26 nitrogen and oxygen atoms in total. The molecule has 0 unspecified atom stereocenters. The molecule has 3 aliphatic rings. The van der Waals surface area contributed by atoms with E-state index in [2.05, 4.69) is 31.9 Å². The number of aliphatic hydroxyl groups excluding tert-OH is 1. The Kier molecular flexibility index (Phi) is 20.8. The Labute approximate surface area is 523 Å². The smallest absolute Gasteiger partial charge is 0.408 e. The summed E-state index contributed by atoms with van der Waals surface area (Å²) in [6, 6.07) is 12.9. The normalized spacial score (nSPS) is 17.8. The first-order valence-corrected chi connectivity index (χ1v) is 28.5. The van der Waals surface area contributed by atoms with Crippen molar-refractivity contribution in [3.05, 3.63) is 153 Å². The van der Waals surface area contributed by atoms with E-state index in [1.807, 2.05) is 0 Å². The second kappa shape index (κ2) is 28.4. The molecule has 3 aliphatic heterocycles. The summed E-state index contributed by atoms with van der Waals surface area (Å²) in [6.07, 6.45) is -3.49. The molecule has 28 heteroatoms. The summed E-state index contributed by atoms with van der Waals surface area (Å²) in [5.74, 6) is -11.4. The lowest BCUT2D eigenvalue weighted by Crippen LogP contribution is -2.55. The van der Waals surface area contributed by atoms with Crippen molar-refractivity contribution in [2.24, 2.45) is 5.73 Å². The molecular formula is C62H63Cl2N7O19. The van der Waals surface area contributed by atoms with Crippen LogP contribution in [0.3, 0.4) is 0 Å². The average molecular weight is 1280 g/mol. The number of nitrogens with one attached hydrogen (secondary N) is 6. The number of carbonyl (C=O) groups excluding carboxylic acids is 7. The molecule has 8 bridgehead atoms. The summed E-state index contributed by atoms with van der Waals surface area (Å²) in [5, 5.41) is 82.5. The zero-order valence-corrected chi connectivity index (χ0v) is 50.0. The van der Waals surface area contributed by atoms with Crippen LogP contribution in [0.5, 0.6) is 46.0 Å². The molecule has 474 valence electrons. The van der Waals surface area contributed by atoms with Crippen LogP contribution in [0, 0.1) is 0 Å². The number of hydrogen-bond donors (Lipinski definition) is 13. The van der Waals surface area contributed by atoms with Crippen LogP contribution in [0.4, 0.5) is 9.59 Å². The monoisotopic (exact) mass is 1280 g/mol. The summed E-state index contributed by atoms with van der Waals surface area (Å²) < 4.78 is 27.9. The van der Waals surface area contributed by atoms with Gasteiger partial charge < -0.3 is 92.0 Å². The number of carboxylic acid groups (broad SMARTS) is 1. The van der Waals surface area contributed by atoms with E-state index < -0.39 is 130 Å². The molecule has 0 saturated carbocycles. The molecule has 90 heavy (non-hydrogen) atoms. The number of carbonyl (C=O) groups is 8. The van der Waals surface area contributed by atoms with E-state index in [1.54, 1.807) is 51.1 Å². The van der Waals surface area contributed by atoms with Gasteiger partial charge in [0.2, 0.25) is 29.4 Å². The van der Waals surface area contributed by atoms with E-state index in [9.17, 15) is 59.4 Å². The van der Waals surface area contributed by atoms with Crippen molar-refractivity contribution >= 4 is 71.0 Å². The summed E-state index contributed by atoms with van der Waals surface area (Å²) in [6.45, 7) is 5.09. The minimum absolute atomic E-state index is 0.0187. The van der Waals surface area contributed by atoms with Gasteiger partial charge in [0.05, 0.1) is 23.2 Å². The number of fused-ring (bicyclic) bond motifs is 8. The Morgan fingerprint density at radius 1 is 0.733 bits per heavy atom. The van der Waals surface area contributed by atoms with Crippen LogP contribution in [-0.2, 0) is 56.0 Å². The van der Waals surface area contributed by atoms with Crippen LogP contribution in [0.25, 0.3) is 11.1 Å². The molecule has 6 aromatic carbocycles. The number of phenols is 4. The lowest BCUT2D eigenvalue weighted by molar-refractivity contribution is -0.146. The number of carboxylic acids is 1. The van der Waals surface area contributed by atoms with Crippen molar-refractivity contribution in [3.63, 3.8) is 0 Å². The number of aliphatic carboxylic acids is 1. The highest BCUT2D eigenvalue weighted by atomic mass is 35.5. The first-order valence-electron chi connectivity index (χ1n) is 27.8. The fourth-order valence-corrected chi connectivity index (χ4v) is 10.1. The number of phenolic OH excluding ortho intramolecular Hbond substituents is 4. The predicted molar refractivity (Wildman–Crippen MR) is 321 cm³/mol. The highest BCUT2D eigenvalue weighted by molar-refractivity contribution is 6.32. The Balaban J connectivity index is 1.22. The molecule has 0 fully saturated rings. The van der Waals surface area contributed by atoms with Crippen molar-refractivity contribution in [3.8, 4) is 57.1 Å². The van der Waals surface area contributed by atoms with Gasteiger partial charge in [-0.15, -0.1) is 0 Å². The highest BCUT2D eigenvalue weighted by Crippen LogP contribution is 2.47. The van der Waals surface area contributed by atoms with E-state index in [4.69, 9.17) is 52.6 Å². The van der Waals surface area contributed by atoms with Gasteiger partial charge in [-0.05, 0) is 122 Å². The number of benzene rings is 6. The summed E-state index contributed by atoms with van der Waals surface area (Å²) in [5.41, 5.74) is 5.01. The zero-order valence-electron chi connectivity index (χ0n) is 48.5. The van der Waals surface area contributed by atoms with E-state index in [-0.39, 0.29) is 92.9 Å². The van der Waals surface area contributed by atoms with E-state index >= 15 is 9.59 Å². The molecular weight excluding hydrogens is 1220 g/mol. The SMILES string of the molecule is COC(=O)[C@@H]1NC(=O)[C@H]2NC(=O)[C@H](NC(=O)[C@H](NC(=O)[C@@H](N)CCCCNC(=O)OC(C)(C)C)c3cc(Oc4ccc(C[C@@H](NC(=O)OCc5ccccc5)C(=O)O)cc4Cl)c(O)c(c3)Oc3ccc(cc3Cl)[C@H]2O)c2ccc(O)c(c2)-c2c(O)cc(O)cc21. The number of aromatic hydroxyl groups is 4. The van der Waals surface area contributed by atoms with Gasteiger partial charge in [-0.3, -0.25) is 19.2 Å². The number of esters is 1. The number of rotatable bonds is 16. The summed E-state index contributed by atoms with van der Waals surface area (Å²) in [4.78, 5) is 111. The number of alkyl carbamates (subject to hydrolysis) is 2. The van der Waals surface area contributed by atoms with Gasteiger partial charge in [-0.25, -0.2) is 19.2 Å². The number of methoxy groups -OCH3 is 1. The highest BCUT2D eigenvalue weighted by Gasteiger charge is 2.40. The first-order chi connectivity index (χ1) is 42.7. The van der Waals surface area contributed by atoms with Gasteiger partial charge in [0.1, 0.15) is 71.2 Å². The minimum Gasteiger partial charge on any atom is -0.508 e. The molecule has 0 saturated heterocycles. The van der Waals surface area contributed by atoms with Crippen LogP contribution in [-0.4, -0.2) is 116 Å². The van der Waals surface area contributed by atoms with Crippen molar-refractivity contribution in [1.29, 1.82) is 0 Å². The van der Waals surface area contributed by atoms with E-state index in [1.165, 1.54) is 36.4 Å². The maximum absolute atomic E-state index is 15.4. The molecule has 14 N–H and O–H groups in total. The van der Waals surface area contributed by atoms with Gasteiger partial charge in [-0.2, -0.15) is 0 Å². The number of unbranched alkanes of at least 4 members (excludes halogenated alkanes) is 1. The van der Waals surface area contributed by atoms with Crippen molar-refractivity contribution < 1.29 is 92.7 Å². The Morgan fingerprint density at radius 3 is 2.16 bits per heavy atom. The third-order valence-electron chi connectivity index (χ3n) is 14.1. The topological polar surface area (TPSA) is 402 Å². The number of halogens is 2. The first kappa shape index (κ1) is 65.9. The largest absolute Gasteiger partial charge is 0.508 e. The predicted octanol–water partition coefficient (Wildman–Crippen LogP) is 6.90. The quantitative estimate of drug-likeness (QED) is 0.0266. The van der Waals surface area contributed by atoms with Crippen LogP contribution >= 0.6 is 23.2 Å². The number of ether oxygens (including phenoxy) is 5. The van der Waals surface area contributed by atoms with Crippen LogP contribution < -0.4 is 47.1 Å². The third kappa shape index (κ3) is 16.2. The van der Waals surface area contributed by atoms with Gasteiger partial charge >= 0.3 is 24.1 Å². The molecule has 6 amide bonds. The molecule has 3 heterocycles. The summed E-state index contributed by atoms with van der Waals surface area (Å²) >= 11 is 13.6. The molecule has 6 aromatic rings. The lowest BCUT2D eigenvalue weighted by Gasteiger charge is -2.31. The molecule has 0 aromatic heterocycles. The van der Waals surface area contributed by atoms with Gasteiger partial charge in [0, 0.05) is 35.7 Å². The lowest BCUT2D eigenvalue weighted by atomic mass is 9.89. The van der Waals surface area contributed by atoms with Crippen LogP contribution in [0.15, 0.2) is 109 Å². The summed E-state index contributed by atoms with van der Waals surface area (Å²) in [7, 11) is 0.974. The fraction of sp³-hybridized carbons (Fsp3) is 0.290. The standard InChI is InChI=1S/C62H63Cl2N7O19/c1-62(2,3)90-60(84)66-19-9-8-12-39(65)54(77)68-49-33-24-45(88-43-17-13-30(20-37(43)63)21-40(58(81)82)67-61(85)87-28-29-10-6-5-7-11-29)53(76)46(25-33)89-44-18-15-32(23-38(44)64)52(75)51-57(80)70-50(59(83)86-4)36-26-34(72)27-42(74)47(36)35-22-31(14-16-41(35)73)48(55(78)71-51)69-56(49)79/h5-7,10-11,13-18,20,22-27,39-40,48-52,72-76H,8-9,12,19,21,28,65H2,1-4H3,(H,66,84)(H,67,85)(H,68,77)(H,69,79)(H,70,80)(H,71,78)(H,81,82)/t39-,40+,48+,49+,50+,51-,52+/m0/s1. The number of amides is 6. The molecule has 0 aliphatic carbocycles. The molecule has 7 atom stereocenters. The van der Waals surface area contributed by atoms with Gasteiger partial charge in [0.15, 0.2) is 17.5 Å². The van der Waals surface area contributed by atoms with Crippen molar-refractivity contribution in [2.45, 2.75) is 101 Å². The Morgan fingerprint density at radius 2 is 1.47 bits per heavy atom. The van der Waals surface area contributed by atoms with E-state index in [0.29, 0.717) is 12.0 Å². The fourth-order valence-electron chi connectivity index (χ4n) is 9.66. The molecule has 0 spiro atoms. The Hall–Kier alpha value is -10.0. The minimum atomic E-state index is -2.10. The average Bonchev–Trinajstić information content (AvgIpc) is 0.844. The number of aliphatic hydroxyl groups is 1. The van der Waals surface area contributed by atoms with Gasteiger partial charge in [0.25, 0.3) is 0 Å². The number of hydrogen-bond acceptors (Lipinski definition) is 19. The maximum atomic E-state index is 15.4. The third-order valence-corrected chi connectivity index (χ3v) is 14.7. The maximum Gasteiger partial charge on any atom is 0.408 e. The second-order valence-electron chi connectivity index (χ2n) is 21.8. The molecule has 9 rings (SSSR count). The van der Waals surface area contributed by atoms with Gasteiger partial charge in [-0.1, -0.05) is 71.7 Å². The Bertz CT molecular complexity index is 3750. The van der Waals surface area contributed by atoms with Crippen molar-refractivity contribution in [1.82, 2.24) is 31.9 Å². The zero-order chi connectivity index (χ0) is 65.3. The van der Waals surface area contributed by atoms with Crippen molar-refractivity contribution in [2.75, 3.05) is 13.7 Å². The van der Waals surface area contributed by atoms with Crippen LogP contribution in [0.1, 0.15) is 97.6 Å². The molecule has 0 radical (unpaired) electrons. The number of nitrogens with two attached hydrogens (primary N) is 1. The van der Waals surface area contributed by atoms with E-state index in [0.717, 1.165) is 49.6 Å².